The van der Waals surface area contributed by atoms with Gasteiger partial charge >= 0.3 is 0 Å². The van der Waals surface area contributed by atoms with Crippen LogP contribution in [0.25, 0.3) is 0 Å². The van der Waals surface area contributed by atoms with Crippen molar-refractivity contribution in [3.05, 3.63) is 30.1 Å². The molecule has 2 aliphatic rings. The van der Waals surface area contributed by atoms with E-state index in [0.717, 1.165) is 51.6 Å². The molecule has 1 aromatic rings. The van der Waals surface area contributed by atoms with Crippen LogP contribution in [0, 0.1) is 11.8 Å². The number of aryl methyl sites for hydroxylation is 1. The van der Waals surface area contributed by atoms with Gasteiger partial charge in [-0.05, 0) is 50.2 Å². The van der Waals surface area contributed by atoms with Crippen molar-refractivity contribution in [2.24, 2.45) is 11.8 Å². The highest BCUT2D eigenvalue weighted by molar-refractivity contribution is 5.81. The van der Waals surface area contributed by atoms with Crippen molar-refractivity contribution in [3.8, 4) is 0 Å². The van der Waals surface area contributed by atoms with Crippen LogP contribution in [-0.2, 0) is 16.0 Å². The SMILES string of the molecule is O=C(NCCCc1cccnc1)C1CCN(C(=O)C2CCCC2)CC1. The molecule has 0 bridgehead atoms. The number of hydrogen-bond donors (Lipinski definition) is 1. The van der Waals surface area contributed by atoms with Gasteiger partial charge in [0.2, 0.25) is 11.8 Å². The molecule has 3 rings (SSSR count). The standard InChI is InChI=1S/C20H29N3O2/c24-19(22-12-4-6-16-5-3-11-21-15-16)17-9-13-23(14-10-17)20(25)18-7-1-2-8-18/h3,5,11,15,17-18H,1-2,4,6-10,12-14H2,(H,22,24). The number of nitrogens with one attached hydrogen (secondary N) is 1. The Morgan fingerprint density at radius 3 is 2.56 bits per heavy atom. The number of amides is 2. The minimum absolute atomic E-state index is 0.0611. The number of carbonyl (C=O) groups excluding carboxylic acids is 2. The van der Waals surface area contributed by atoms with Crippen LogP contribution >= 0.6 is 0 Å². The molecule has 0 unspecified atom stereocenters. The van der Waals surface area contributed by atoms with Crippen molar-refractivity contribution in [2.75, 3.05) is 19.6 Å². The normalized spacial score (nSPS) is 19.1. The molecule has 136 valence electrons. The van der Waals surface area contributed by atoms with Crippen molar-refractivity contribution in [2.45, 2.75) is 51.4 Å². The van der Waals surface area contributed by atoms with Gasteiger partial charge in [0, 0.05) is 43.9 Å². The lowest BCUT2D eigenvalue weighted by Crippen LogP contribution is -2.44. The van der Waals surface area contributed by atoms with Crippen LogP contribution < -0.4 is 5.32 Å². The summed E-state index contributed by atoms with van der Waals surface area (Å²) in [7, 11) is 0. The molecule has 2 heterocycles. The molecule has 0 aromatic carbocycles. The van der Waals surface area contributed by atoms with Crippen LogP contribution in [0.5, 0.6) is 0 Å². The Morgan fingerprint density at radius 1 is 1.12 bits per heavy atom. The van der Waals surface area contributed by atoms with Gasteiger partial charge in [-0.15, -0.1) is 0 Å². The largest absolute Gasteiger partial charge is 0.356 e. The van der Waals surface area contributed by atoms with Crippen LogP contribution in [0.3, 0.4) is 0 Å². The molecule has 2 amide bonds. The smallest absolute Gasteiger partial charge is 0.225 e. The Morgan fingerprint density at radius 2 is 1.88 bits per heavy atom. The first kappa shape index (κ1) is 17.9. The van der Waals surface area contributed by atoms with E-state index >= 15 is 0 Å². The number of likely N-dealkylation sites (tertiary alicyclic amines) is 1. The van der Waals surface area contributed by atoms with E-state index in [2.05, 4.69) is 16.4 Å². The Bertz CT molecular complexity index is 562. The maximum absolute atomic E-state index is 12.4. The number of piperidine rings is 1. The monoisotopic (exact) mass is 343 g/mol. The van der Waals surface area contributed by atoms with Crippen molar-refractivity contribution >= 4 is 11.8 Å². The molecule has 0 atom stereocenters. The van der Waals surface area contributed by atoms with Crippen LogP contribution in [0.2, 0.25) is 0 Å². The number of hydrogen-bond acceptors (Lipinski definition) is 3. The highest BCUT2D eigenvalue weighted by atomic mass is 16.2. The van der Waals surface area contributed by atoms with E-state index in [1.807, 2.05) is 17.2 Å². The van der Waals surface area contributed by atoms with Gasteiger partial charge in [0.05, 0.1) is 0 Å². The summed E-state index contributed by atoms with van der Waals surface area (Å²) in [5.74, 6) is 0.788. The molecule has 0 spiro atoms. The van der Waals surface area contributed by atoms with Gasteiger partial charge in [0.1, 0.15) is 0 Å². The van der Waals surface area contributed by atoms with Gasteiger partial charge in [-0.3, -0.25) is 14.6 Å². The second kappa shape index (κ2) is 8.97. The lowest BCUT2D eigenvalue weighted by Gasteiger charge is -2.33. The Hall–Kier alpha value is -1.91. The number of pyridine rings is 1. The van der Waals surface area contributed by atoms with Gasteiger partial charge in [-0.25, -0.2) is 0 Å². The van der Waals surface area contributed by atoms with Gasteiger partial charge in [0.15, 0.2) is 0 Å². The van der Waals surface area contributed by atoms with E-state index in [4.69, 9.17) is 0 Å². The number of nitrogens with zero attached hydrogens (tertiary/aromatic N) is 2. The van der Waals surface area contributed by atoms with Gasteiger partial charge in [0.25, 0.3) is 0 Å². The molecule has 5 heteroatoms. The number of rotatable bonds is 6. The zero-order chi connectivity index (χ0) is 17.5. The van der Waals surface area contributed by atoms with Crippen molar-refractivity contribution in [1.82, 2.24) is 15.2 Å². The summed E-state index contributed by atoms with van der Waals surface area (Å²) in [4.78, 5) is 30.8. The molecular formula is C20H29N3O2. The third kappa shape index (κ3) is 5.03. The Kier molecular flexibility index (Phi) is 6.42. The predicted octanol–water partition coefficient (Wildman–Crippen LogP) is 2.56. The molecule has 25 heavy (non-hydrogen) atoms. The first-order valence-electron chi connectivity index (χ1n) is 9.69. The van der Waals surface area contributed by atoms with Gasteiger partial charge in [-0.1, -0.05) is 18.9 Å². The van der Waals surface area contributed by atoms with E-state index in [-0.39, 0.29) is 17.7 Å². The van der Waals surface area contributed by atoms with E-state index < -0.39 is 0 Å². The summed E-state index contributed by atoms with van der Waals surface area (Å²) in [5, 5.41) is 3.06. The van der Waals surface area contributed by atoms with Crippen LogP contribution in [0.1, 0.15) is 50.5 Å². The second-order valence-corrected chi connectivity index (χ2v) is 7.34. The fourth-order valence-electron chi connectivity index (χ4n) is 3.99. The molecule has 0 radical (unpaired) electrons. The van der Waals surface area contributed by atoms with Crippen LogP contribution in [0.4, 0.5) is 0 Å². The van der Waals surface area contributed by atoms with E-state index in [1.54, 1.807) is 6.20 Å². The molecule has 1 aliphatic carbocycles. The average Bonchev–Trinajstić information content (AvgIpc) is 3.20. The van der Waals surface area contributed by atoms with Crippen molar-refractivity contribution < 1.29 is 9.59 Å². The van der Waals surface area contributed by atoms with Gasteiger partial charge in [-0.2, -0.15) is 0 Å². The Labute approximate surface area is 150 Å². The third-order valence-corrected chi connectivity index (χ3v) is 5.55. The Balaban J connectivity index is 1.33. The second-order valence-electron chi connectivity index (χ2n) is 7.34. The maximum Gasteiger partial charge on any atom is 0.225 e. The predicted molar refractivity (Wildman–Crippen MR) is 96.8 cm³/mol. The highest BCUT2D eigenvalue weighted by Gasteiger charge is 2.31. The lowest BCUT2D eigenvalue weighted by molar-refractivity contribution is -0.139. The highest BCUT2D eigenvalue weighted by Crippen LogP contribution is 2.28. The summed E-state index contributed by atoms with van der Waals surface area (Å²) in [6.45, 7) is 2.18. The number of aromatic nitrogens is 1. The fraction of sp³-hybridized carbons (Fsp3) is 0.650. The molecule has 1 aromatic heterocycles. The minimum atomic E-state index is 0.0611. The van der Waals surface area contributed by atoms with Crippen LogP contribution in [-0.4, -0.2) is 41.3 Å². The zero-order valence-electron chi connectivity index (χ0n) is 15.0. The molecule has 5 nitrogen and oxygen atoms in total. The first-order valence-corrected chi connectivity index (χ1v) is 9.69. The summed E-state index contributed by atoms with van der Waals surface area (Å²) in [6.07, 6.45) is 11.6. The number of carbonyl (C=O) groups is 2. The molecular weight excluding hydrogens is 314 g/mol. The van der Waals surface area contributed by atoms with E-state index in [9.17, 15) is 9.59 Å². The lowest BCUT2D eigenvalue weighted by atomic mass is 9.94. The maximum atomic E-state index is 12.4. The van der Waals surface area contributed by atoms with E-state index in [1.165, 1.54) is 18.4 Å². The minimum Gasteiger partial charge on any atom is -0.356 e. The summed E-state index contributed by atoms with van der Waals surface area (Å²) in [6, 6.07) is 4.00. The topological polar surface area (TPSA) is 62.3 Å². The molecule has 1 saturated heterocycles. The molecule has 1 aliphatic heterocycles. The van der Waals surface area contributed by atoms with Crippen molar-refractivity contribution in [1.29, 1.82) is 0 Å². The third-order valence-electron chi connectivity index (χ3n) is 5.55. The first-order chi connectivity index (χ1) is 12.2. The van der Waals surface area contributed by atoms with Gasteiger partial charge < -0.3 is 10.2 Å². The average molecular weight is 343 g/mol. The summed E-state index contributed by atoms with van der Waals surface area (Å²) < 4.78 is 0. The van der Waals surface area contributed by atoms with Crippen molar-refractivity contribution in [3.63, 3.8) is 0 Å². The molecule has 1 saturated carbocycles. The fourth-order valence-corrected chi connectivity index (χ4v) is 3.99. The zero-order valence-corrected chi connectivity index (χ0v) is 15.0. The summed E-state index contributed by atoms with van der Waals surface area (Å²) >= 11 is 0. The quantitative estimate of drug-likeness (QED) is 0.808. The summed E-state index contributed by atoms with van der Waals surface area (Å²) in [5.41, 5.74) is 1.20. The van der Waals surface area contributed by atoms with Crippen LogP contribution in [0.15, 0.2) is 24.5 Å². The van der Waals surface area contributed by atoms with E-state index in [0.29, 0.717) is 12.5 Å². The molecule has 1 N–H and O–H groups in total. The molecule has 2 fully saturated rings.